The highest BCUT2D eigenvalue weighted by molar-refractivity contribution is 6.30. The molecule has 3 rings (SSSR count). The number of piperazine rings is 1. The number of hydrogen-bond acceptors (Lipinski definition) is 3. The Balaban J connectivity index is 1.42. The molecule has 6 nitrogen and oxygen atoms in total. The molecule has 0 spiro atoms. The highest BCUT2D eigenvalue weighted by Crippen LogP contribution is 2.19. The number of aliphatic imine (C=N–C) groups is 1. The van der Waals surface area contributed by atoms with Crippen LogP contribution in [0.3, 0.4) is 0 Å². The van der Waals surface area contributed by atoms with Gasteiger partial charge in [-0.15, -0.1) is 0 Å². The molecule has 2 aliphatic rings. The standard InChI is InChI=1S/C19H28ClN5O/c1-21-19(23-16-4-2-3-5-16)22-14-18(26)25-12-10-24(11-13-25)17-8-6-15(20)7-9-17/h6-9,16H,2-5,10-14H2,1H3,(H2,21,22,23). The Morgan fingerprint density at radius 1 is 1.15 bits per heavy atom. The van der Waals surface area contributed by atoms with E-state index in [-0.39, 0.29) is 12.5 Å². The number of anilines is 1. The van der Waals surface area contributed by atoms with E-state index in [9.17, 15) is 4.79 Å². The summed E-state index contributed by atoms with van der Waals surface area (Å²) in [4.78, 5) is 20.9. The molecule has 1 amide bonds. The van der Waals surface area contributed by atoms with Gasteiger partial charge in [0.05, 0.1) is 6.54 Å². The number of carbonyl (C=O) groups is 1. The molecule has 1 saturated carbocycles. The van der Waals surface area contributed by atoms with Gasteiger partial charge < -0.3 is 20.4 Å². The highest BCUT2D eigenvalue weighted by atomic mass is 35.5. The minimum absolute atomic E-state index is 0.120. The Hall–Kier alpha value is -1.95. The average molecular weight is 378 g/mol. The third kappa shape index (κ3) is 5.04. The van der Waals surface area contributed by atoms with E-state index < -0.39 is 0 Å². The van der Waals surface area contributed by atoms with E-state index in [1.165, 1.54) is 25.7 Å². The maximum atomic E-state index is 12.5. The van der Waals surface area contributed by atoms with Crippen LogP contribution in [0.1, 0.15) is 25.7 Å². The van der Waals surface area contributed by atoms with E-state index in [4.69, 9.17) is 11.6 Å². The van der Waals surface area contributed by atoms with Crippen molar-refractivity contribution in [2.24, 2.45) is 4.99 Å². The number of carbonyl (C=O) groups excluding carboxylic acids is 1. The van der Waals surface area contributed by atoms with Gasteiger partial charge in [0.1, 0.15) is 0 Å². The number of hydrogen-bond donors (Lipinski definition) is 2. The normalized spacial score (nSPS) is 18.9. The predicted molar refractivity (Wildman–Crippen MR) is 107 cm³/mol. The topological polar surface area (TPSA) is 60.0 Å². The van der Waals surface area contributed by atoms with Crippen LogP contribution in [0.5, 0.6) is 0 Å². The SMILES string of the molecule is CN=C(NCC(=O)N1CCN(c2ccc(Cl)cc2)CC1)NC1CCCC1. The van der Waals surface area contributed by atoms with Crippen LogP contribution in [0.2, 0.25) is 5.02 Å². The quantitative estimate of drug-likeness (QED) is 0.623. The highest BCUT2D eigenvalue weighted by Gasteiger charge is 2.22. The van der Waals surface area contributed by atoms with Crippen LogP contribution in [0.15, 0.2) is 29.3 Å². The van der Waals surface area contributed by atoms with Crippen LogP contribution in [0, 0.1) is 0 Å². The van der Waals surface area contributed by atoms with E-state index in [1.54, 1.807) is 7.05 Å². The van der Waals surface area contributed by atoms with Crippen LogP contribution in [0.4, 0.5) is 5.69 Å². The molecule has 1 aliphatic carbocycles. The second-order valence-electron chi connectivity index (χ2n) is 6.90. The monoisotopic (exact) mass is 377 g/mol. The van der Waals surface area contributed by atoms with Crippen molar-refractivity contribution in [2.75, 3.05) is 44.7 Å². The Morgan fingerprint density at radius 2 is 1.81 bits per heavy atom. The summed E-state index contributed by atoms with van der Waals surface area (Å²) in [7, 11) is 1.75. The lowest BCUT2D eigenvalue weighted by Crippen LogP contribution is -2.52. The largest absolute Gasteiger partial charge is 0.368 e. The predicted octanol–water partition coefficient (Wildman–Crippen LogP) is 2.10. The molecule has 26 heavy (non-hydrogen) atoms. The molecular formula is C19H28ClN5O. The van der Waals surface area contributed by atoms with Gasteiger partial charge in [0.25, 0.3) is 0 Å². The maximum Gasteiger partial charge on any atom is 0.242 e. The smallest absolute Gasteiger partial charge is 0.242 e. The molecule has 1 aromatic rings. The number of nitrogens with one attached hydrogen (secondary N) is 2. The average Bonchev–Trinajstić information content (AvgIpc) is 3.19. The lowest BCUT2D eigenvalue weighted by Gasteiger charge is -2.36. The van der Waals surface area contributed by atoms with Gasteiger partial charge in [0, 0.05) is 50.0 Å². The molecular weight excluding hydrogens is 350 g/mol. The number of guanidine groups is 1. The van der Waals surface area contributed by atoms with Crippen LogP contribution < -0.4 is 15.5 Å². The first kappa shape index (κ1) is 18.8. The lowest BCUT2D eigenvalue weighted by molar-refractivity contribution is -0.130. The minimum Gasteiger partial charge on any atom is -0.368 e. The van der Waals surface area contributed by atoms with Crippen LogP contribution >= 0.6 is 11.6 Å². The summed E-state index contributed by atoms with van der Waals surface area (Å²) in [5.41, 5.74) is 1.15. The van der Waals surface area contributed by atoms with Gasteiger partial charge in [-0.2, -0.15) is 0 Å². The van der Waals surface area contributed by atoms with Crippen molar-refractivity contribution in [3.05, 3.63) is 29.3 Å². The summed E-state index contributed by atoms with van der Waals surface area (Å²) in [6, 6.07) is 8.35. The molecule has 0 bridgehead atoms. The zero-order valence-corrected chi connectivity index (χ0v) is 16.1. The number of halogens is 1. The summed E-state index contributed by atoms with van der Waals surface area (Å²) < 4.78 is 0. The van der Waals surface area contributed by atoms with Crippen LogP contribution in [0.25, 0.3) is 0 Å². The number of rotatable bonds is 4. The molecule has 0 atom stereocenters. The first-order valence-electron chi connectivity index (χ1n) is 9.41. The van der Waals surface area contributed by atoms with E-state index in [2.05, 4.69) is 20.5 Å². The summed E-state index contributed by atoms with van der Waals surface area (Å²) in [5.74, 6) is 0.847. The molecule has 142 valence electrons. The summed E-state index contributed by atoms with van der Waals surface area (Å²) in [5, 5.41) is 7.31. The molecule has 1 aliphatic heterocycles. The fourth-order valence-corrected chi connectivity index (χ4v) is 3.72. The molecule has 0 aromatic heterocycles. The lowest BCUT2D eigenvalue weighted by atomic mass is 10.2. The van der Waals surface area contributed by atoms with Gasteiger partial charge in [0.2, 0.25) is 5.91 Å². The Bertz CT molecular complexity index is 619. The van der Waals surface area contributed by atoms with Gasteiger partial charge in [-0.25, -0.2) is 0 Å². The number of nitrogens with zero attached hydrogens (tertiary/aromatic N) is 3. The van der Waals surface area contributed by atoms with Crippen molar-refractivity contribution < 1.29 is 4.79 Å². The van der Waals surface area contributed by atoms with Crippen molar-refractivity contribution in [1.29, 1.82) is 0 Å². The van der Waals surface area contributed by atoms with Gasteiger partial charge >= 0.3 is 0 Å². The van der Waals surface area contributed by atoms with E-state index >= 15 is 0 Å². The zero-order chi connectivity index (χ0) is 18.4. The molecule has 2 N–H and O–H groups in total. The molecule has 7 heteroatoms. The van der Waals surface area contributed by atoms with Crippen molar-refractivity contribution in [1.82, 2.24) is 15.5 Å². The van der Waals surface area contributed by atoms with E-state index in [0.717, 1.165) is 42.8 Å². The number of amides is 1. The second-order valence-corrected chi connectivity index (χ2v) is 7.33. The number of benzene rings is 1. The molecule has 1 aromatic carbocycles. The third-order valence-corrected chi connectivity index (χ3v) is 5.40. The van der Waals surface area contributed by atoms with Gasteiger partial charge in [-0.3, -0.25) is 9.79 Å². The first-order chi connectivity index (χ1) is 12.7. The van der Waals surface area contributed by atoms with Gasteiger partial charge in [-0.05, 0) is 37.1 Å². The Morgan fingerprint density at radius 3 is 2.42 bits per heavy atom. The fraction of sp³-hybridized carbons (Fsp3) is 0.579. The Kier molecular flexibility index (Phi) is 6.61. The Labute approximate surface area is 160 Å². The minimum atomic E-state index is 0.120. The van der Waals surface area contributed by atoms with Crippen LogP contribution in [-0.2, 0) is 4.79 Å². The van der Waals surface area contributed by atoms with Crippen molar-refractivity contribution >= 4 is 29.2 Å². The maximum absolute atomic E-state index is 12.5. The van der Waals surface area contributed by atoms with Crippen molar-refractivity contribution in [3.63, 3.8) is 0 Å². The fourth-order valence-electron chi connectivity index (χ4n) is 3.60. The molecule has 1 heterocycles. The van der Waals surface area contributed by atoms with Gasteiger partial charge in [-0.1, -0.05) is 24.4 Å². The third-order valence-electron chi connectivity index (χ3n) is 5.15. The zero-order valence-electron chi connectivity index (χ0n) is 15.4. The molecule has 1 saturated heterocycles. The molecule has 0 radical (unpaired) electrons. The molecule has 0 unspecified atom stereocenters. The summed E-state index contributed by atoms with van der Waals surface area (Å²) >= 11 is 5.95. The second kappa shape index (κ2) is 9.12. The summed E-state index contributed by atoms with van der Waals surface area (Å²) in [6.45, 7) is 3.42. The summed E-state index contributed by atoms with van der Waals surface area (Å²) in [6.07, 6.45) is 4.90. The molecule has 2 fully saturated rings. The van der Waals surface area contributed by atoms with E-state index in [0.29, 0.717) is 6.04 Å². The van der Waals surface area contributed by atoms with Crippen LogP contribution in [-0.4, -0.2) is 62.6 Å². The van der Waals surface area contributed by atoms with Crippen molar-refractivity contribution in [3.8, 4) is 0 Å². The van der Waals surface area contributed by atoms with Gasteiger partial charge in [0.15, 0.2) is 5.96 Å². The first-order valence-corrected chi connectivity index (χ1v) is 9.79. The van der Waals surface area contributed by atoms with Crippen molar-refractivity contribution in [2.45, 2.75) is 31.7 Å². The van der Waals surface area contributed by atoms with E-state index in [1.807, 2.05) is 29.2 Å².